The van der Waals surface area contributed by atoms with Crippen molar-refractivity contribution >= 4 is 141 Å². The molecule has 1 aromatic heterocycles. The number of benzene rings is 12. The monoisotopic (exact) mass is 850 g/mol. The van der Waals surface area contributed by atoms with Gasteiger partial charge in [-0.25, -0.2) is 0 Å². The zero-order valence-electron chi connectivity index (χ0n) is 32.4. The van der Waals surface area contributed by atoms with Crippen LogP contribution in [0.4, 0.5) is 5.69 Å². The zero-order chi connectivity index (χ0) is 40.3. The largest absolute Gasteiger partial charge is 0.398 e. The molecule has 3 N–H and O–H groups in total. The summed E-state index contributed by atoms with van der Waals surface area (Å²) >= 11 is 9.35. The van der Waals surface area contributed by atoms with Crippen LogP contribution >= 0.6 is 27.5 Å². The topological polar surface area (TPSA) is 41.8 Å². The summed E-state index contributed by atoms with van der Waals surface area (Å²) in [6.07, 6.45) is 0. The number of nitrogens with one attached hydrogen (secondary N) is 1. The van der Waals surface area contributed by atoms with E-state index in [1.807, 2.05) is 12.1 Å². The summed E-state index contributed by atoms with van der Waals surface area (Å²) in [6, 6.07) is 70.7. The summed E-state index contributed by atoms with van der Waals surface area (Å²) in [6.45, 7) is 0. The molecule has 13 rings (SSSR count). The maximum absolute atomic E-state index is 5.58. The normalized spacial score (nSPS) is 11.6. The molecule has 0 atom stereocenters. The van der Waals surface area contributed by atoms with Crippen LogP contribution in [0.1, 0.15) is 0 Å². The van der Waals surface area contributed by atoms with Gasteiger partial charge in [0.25, 0.3) is 0 Å². The second-order valence-electron chi connectivity index (χ2n) is 15.2. The van der Waals surface area contributed by atoms with Gasteiger partial charge in [0.2, 0.25) is 0 Å². The van der Waals surface area contributed by atoms with Gasteiger partial charge in [0.15, 0.2) is 0 Å². The van der Waals surface area contributed by atoms with Gasteiger partial charge in [-0.05, 0) is 99.7 Å². The van der Waals surface area contributed by atoms with Crippen molar-refractivity contribution in [3.63, 3.8) is 0 Å². The SMILES string of the molecule is Brc1cc2c3ccccc3c3ccccc3c2c2ccccc12.Nc1ccccc1Cl.c1ccc2c(c1)[nH]c1c3ccccc3c3c4ccccc4c4ccccc4c3c21. The first-order valence-electron chi connectivity index (χ1n) is 20.1. The highest BCUT2D eigenvalue weighted by Crippen LogP contribution is 2.46. The van der Waals surface area contributed by atoms with Gasteiger partial charge in [0.05, 0.1) is 16.2 Å². The van der Waals surface area contributed by atoms with Gasteiger partial charge in [-0.2, -0.15) is 0 Å². The molecule has 0 saturated heterocycles. The minimum absolute atomic E-state index is 0.618. The molecule has 0 aliphatic heterocycles. The molecular weight excluding hydrogens is 816 g/mol. The lowest BCUT2D eigenvalue weighted by Gasteiger charge is -2.14. The summed E-state index contributed by atoms with van der Waals surface area (Å²) in [7, 11) is 0. The van der Waals surface area contributed by atoms with Gasteiger partial charge < -0.3 is 10.7 Å². The van der Waals surface area contributed by atoms with E-state index in [1.165, 1.54) is 108 Å². The summed E-state index contributed by atoms with van der Waals surface area (Å²) in [5.41, 5.74) is 8.44. The Morgan fingerprint density at radius 2 is 0.700 bits per heavy atom. The minimum atomic E-state index is 0.618. The summed E-state index contributed by atoms with van der Waals surface area (Å²) < 4.78 is 1.15. The molecule has 1 heterocycles. The highest BCUT2D eigenvalue weighted by molar-refractivity contribution is 9.10. The predicted molar refractivity (Wildman–Crippen MR) is 266 cm³/mol. The third-order valence-electron chi connectivity index (χ3n) is 12.0. The van der Waals surface area contributed by atoms with Crippen molar-refractivity contribution in [3.8, 4) is 0 Å². The first kappa shape index (κ1) is 36.2. The molecule has 0 fully saturated rings. The number of rotatable bonds is 0. The third kappa shape index (κ3) is 5.77. The Labute approximate surface area is 359 Å². The first-order valence-corrected chi connectivity index (χ1v) is 21.3. The summed E-state index contributed by atoms with van der Waals surface area (Å²) in [5.74, 6) is 0. The molecule has 12 aromatic carbocycles. The maximum Gasteiger partial charge on any atom is 0.0635 e. The van der Waals surface area contributed by atoms with Crippen LogP contribution in [-0.4, -0.2) is 4.98 Å². The number of hydrogen-bond donors (Lipinski definition) is 2. The van der Waals surface area contributed by atoms with Crippen LogP contribution in [0.25, 0.3) is 108 Å². The second-order valence-corrected chi connectivity index (χ2v) is 16.5. The van der Waals surface area contributed by atoms with E-state index in [9.17, 15) is 0 Å². The smallest absolute Gasteiger partial charge is 0.0635 e. The minimum Gasteiger partial charge on any atom is -0.398 e. The fraction of sp³-hybridized carbons (Fsp3) is 0. The van der Waals surface area contributed by atoms with E-state index in [-0.39, 0.29) is 0 Å². The van der Waals surface area contributed by atoms with Crippen molar-refractivity contribution < 1.29 is 0 Å². The fourth-order valence-corrected chi connectivity index (χ4v) is 10.1. The van der Waals surface area contributed by atoms with Crippen LogP contribution in [0, 0.1) is 0 Å². The van der Waals surface area contributed by atoms with E-state index in [4.69, 9.17) is 17.3 Å². The zero-order valence-corrected chi connectivity index (χ0v) is 34.7. The fourth-order valence-electron chi connectivity index (χ4n) is 9.40. The van der Waals surface area contributed by atoms with E-state index < -0.39 is 0 Å². The first-order chi connectivity index (χ1) is 29.6. The Balaban J connectivity index is 0.000000117. The van der Waals surface area contributed by atoms with Crippen molar-refractivity contribution in [2.75, 3.05) is 5.73 Å². The average Bonchev–Trinajstić information content (AvgIpc) is 3.70. The van der Waals surface area contributed by atoms with Crippen LogP contribution in [-0.2, 0) is 0 Å². The lowest BCUT2D eigenvalue weighted by atomic mass is 9.88. The number of para-hydroxylation sites is 2. The van der Waals surface area contributed by atoms with Crippen LogP contribution < -0.4 is 5.73 Å². The number of aromatic amines is 1. The highest BCUT2D eigenvalue weighted by atomic mass is 79.9. The van der Waals surface area contributed by atoms with Crippen LogP contribution in [0.2, 0.25) is 5.02 Å². The number of halogens is 2. The number of H-pyrrole nitrogens is 1. The van der Waals surface area contributed by atoms with Gasteiger partial charge in [0, 0.05) is 31.5 Å². The lowest BCUT2D eigenvalue weighted by Crippen LogP contribution is -1.87. The van der Waals surface area contributed by atoms with Gasteiger partial charge in [-0.3, -0.25) is 0 Å². The van der Waals surface area contributed by atoms with Crippen molar-refractivity contribution in [3.05, 3.63) is 210 Å². The maximum atomic E-state index is 5.58. The third-order valence-corrected chi connectivity index (χ3v) is 13.0. The van der Waals surface area contributed by atoms with E-state index >= 15 is 0 Å². The predicted octanol–water partition coefficient (Wildman–Crippen LogP) is 16.9. The summed E-state index contributed by atoms with van der Waals surface area (Å²) in [5, 5.41) is 24.3. The average molecular weight is 852 g/mol. The van der Waals surface area contributed by atoms with Crippen LogP contribution in [0.3, 0.4) is 0 Å². The number of nitrogens with two attached hydrogens (primary N) is 1. The molecule has 0 aliphatic carbocycles. The van der Waals surface area contributed by atoms with E-state index in [2.05, 4.69) is 197 Å². The molecule has 60 heavy (non-hydrogen) atoms. The van der Waals surface area contributed by atoms with Gasteiger partial charge in [-0.15, -0.1) is 0 Å². The second kappa shape index (κ2) is 14.7. The van der Waals surface area contributed by atoms with Crippen molar-refractivity contribution in [1.29, 1.82) is 0 Å². The van der Waals surface area contributed by atoms with Gasteiger partial charge in [-0.1, -0.05) is 203 Å². The van der Waals surface area contributed by atoms with Crippen LogP contribution in [0.15, 0.2) is 205 Å². The molecule has 284 valence electrons. The summed E-state index contributed by atoms with van der Waals surface area (Å²) in [4.78, 5) is 3.73. The molecule has 0 unspecified atom stereocenters. The molecule has 0 bridgehead atoms. The van der Waals surface area contributed by atoms with Crippen molar-refractivity contribution in [2.24, 2.45) is 0 Å². The van der Waals surface area contributed by atoms with Gasteiger partial charge >= 0.3 is 0 Å². The van der Waals surface area contributed by atoms with Crippen LogP contribution in [0.5, 0.6) is 0 Å². The van der Waals surface area contributed by atoms with Crippen molar-refractivity contribution in [2.45, 2.75) is 0 Å². The molecule has 13 aromatic rings. The molecule has 2 nitrogen and oxygen atoms in total. The standard InChI is InChI=1S/C28H17N.C22H13Br.C6H6ClN/c1-3-11-19-17(9-1)18-10-2-4-12-20(18)26-25(19)21-13-5-6-14-22(21)28-27(26)23-15-7-8-16-24(23)29-28;23-21-13-20-16-9-2-1-7-14(16)15-8-3-5-11-18(15)22(20)19-12-6-4-10-17(19)21;7-5-3-1-2-4-6(5)8/h1-16,29H;1-13H;1-4H,8H2. The highest BCUT2D eigenvalue weighted by Gasteiger charge is 2.18. The quantitative estimate of drug-likeness (QED) is 0.116. The number of hydrogen-bond acceptors (Lipinski definition) is 1. The Hall–Kier alpha value is -6.91. The number of fused-ring (bicyclic) bond motifs is 21. The van der Waals surface area contributed by atoms with Gasteiger partial charge in [0.1, 0.15) is 0 Å². The molecule has 0 spiro atoms. The van der Waals surface area contributed by atoms with E-state index in [1.54, 1.807) is 12.1 Å². The number of aromatic nitrogens is 1. The Kier molecular flexibility index (Phi) is 8.88. The Morgan fingerprint density at radius 3 is 1.23 bits per heavy atom. The molecular formula is C56H36BrClN2. The molecule has 0 saturated carbocycles. The Morgan fingerprint density at radius 1 is 0.333 bits per heavy atom. The molecule has 0 aliphatic rings. The molecule has 4 heteroatoms. The number of nitrogen functional groups attached to an aromatic ring is 1. The lowest BCUT2D eigenvalue weighted by molar-refractivity contribution is 1.57. The Bertz CT molecular complexity index is 3810. The molecule has 0 radical (unpaired) electrons. The van der Waals surface area contributed by atoms with Crippen molar-refractivity contribution in [1.82, 2.24) is 4.98 Å². The number of anilines is 1. The van der Waals surface area contributed by atoms with E-state index in [0.717, 1.165) is 4.47 Å². The molecule has 0 amide bonds. The van der Waals surface area contributed by atoms with E-state index in [0.29, 0.717) is 10.7 Å².